The Bertz CT molecular complexity index is 1130. The molecular formula is C24H26ClF2N5O2. The molecule has 2 aliphatic heterocycles. The molecule has 34 heavy (non-hydrogen) atoms. The lowest BCUT2D eigenvalue weighted by Gasteiger charge is -2.32. The molecule has 2 aromatic carbocycles. The van der Waals surface area contributed by atoms with Crippen LogP contribution in [0.25, 0.3) is 5.70 Å². The minimum absolute atomic E-state index is 0.0247. The molecule has 0 atom stereocenters. The maximum absolute atomic E-state index is 14.4. The molecule has 0 unspecified atom stereocenters. The smallest absolute Gasteiger partial charge is 0.254 e. The van der Waals surface area contributed by atoms with Crippen LogP contribution in [-0.4, -0.2) is 55.1 Å². The monoisotopic (exact) mass is 489 g/mol. The minimum atomic E-state index is -0.687. The van der Waals surface area contributed by atoms with Crippen LogP contribution in [0.2, 0.25) is 5.02 Å². The molecule has 5 N–H and O–H groups in total. The number of halogens is 3. The fraction of sp³-hybridized carbons (Fsp3) is 0.292. The first-order valence-corrected chi connectivity index (χ1v) is 11.3. The highest BCUT2D eigenvalue weighted by atomic mass is 35.5. The fourth-order valence-corrected chi connectivity index (χ4v) is 4.14. The van der Waals surface area contributed by atoms with E-state index >= 15 is 0 Å². The first-order valence-electron chi connectivity index (χ1n) is 10.9. The van der Waals surface area contributed by atoms with Gasteiger partial charge in [-0.1, -0.05) is 23.7 Å². The molecule has 1 amide bonds. The van der Waals surface area contributed by atoms with Crippen LogP contribution in [0, 0.1) is 11.6 Å². The maximum atomic E-state index is 14.4. The normalized spacial score (nSPS) is 17.1. The average Bonchev–Trinajstić information content (AvgIpc) is 2.86. The second-order valence-corrected chi connectivity index (χ2v) is 8.43. The molecule has 0 bridgehead atoms. The Morgan fingerprint density at radius 3 is 2.41 bits per heavy atom. The van der Waals surface area contributed by atoms with Crippen molar-refractivity contribution in [3.8, 4) is 0 Å². The van der Waals surface area contributed by atoms with Crippen LogP contribution in [0.3, 0.4) is 0 Å². The van der Waals surface area contributed by atoms with Crippen LogP contribution in [0.4, 0.5) is 8.78 Å². The van der Waals surface area contributed by atoms with Gasteiger partial charge in [0, 0.05) is 49.5 Å². The van der Waals surface area contributed by atoms with Crippen LogP contribution in [-0.2, 0) is 11.3 Å². The van der Waals surface area contributed by atoms with E-state index in [1.54, 1.807) is 40.1 Å². The van der Waals surface area contributed by atoms with Crippen molar-refractivity contribution in [3.05, 3.63) is 87.3 Å². The van der Waals surface area contributed by atoms with Gasteiger partial charge in [0.05, 0.1) is 23.9 Å². The summed E-state index contributed by atoms with van der Waals surface area (Å²) in [6, 6.07) is 9.03. The van der Waals surface area contributed by atoms with Crippen molar-refractivity contribution in [1.29, 1.82) is 0 Å². The quantitative estimate of drug-likeness (QED) is 0.559. The number of ether oxygens (including phenoxy) is 1. The number of hydrogen-bond acceptors (Lipinski definition) is 6. The number of carbonyl (C=O) groups excluding carboxylic acids is 1. The van der Waals surface area contributed by atoms with Gasteiger partial charge in [-0.3, -0.25) is 4.79 Å². The van der Waals surface area contributed by atoms with E-state index in [4.69, 9.17) is 27.8 Å². The van der Waals surface area contributed by atoms with Crippen molar-refractivity contribution < 1.29 is 18.3 Å². The van der Waals surface area contributed by atoms with Gasteiger partial charge in [0.25, 0.3) is 5.91 Å². The van der Waals surface area contributed by atoms with Gasteiger partial charge in [0.1, 0.15) is 17.5 Å². The summed E-state index contributed by atoms with van der Waals surface area (Å²) in [5, 5.41) is 2.80. The van der Waals surface area contributed by atoms with E-state index in [9.17, 15) is 13.6 Å². The zero-order valence-electron chi connectivity index (χ0n) is 18.5. The predicted molar refractivity (Wildman–Crippen MR) is 126 cm³/mol. The van der Waals surface area contributed by atoms with Gasteiger partial charge in [-0.05, 0) is 35.9 Å². The van der Waals surface area contributed by atoms with Crippen LogP contribution in [0.1, 0.15) is 21.5 Å². The first-order chi connectivity index (χ1) is 16.3. The molecule has 0 radical (unpaired) electrons. The largest absolute Gasteiger partial charge is 0.398 e. The van der Waals surface area contributed by atoms with Crippen molar-refractivity contribution in [3.63, 3.8) is 0 Å². The number of benzene rings is 2. The van der Waals surface area contributed by atoms with Crippen LogP contribution in [0.15, 0.2) is 54.0 Å². The number of allylic oxidation sites excluding steroid dienone is 1. The summed E-state index contributed by atoms with van der Waals surface area (Å²) in [6.45, 7) is 3.23. The Morgan fingerprint density at radius 2 is 1.71 bits per heavy atom. The summed E-state index contributed by atoms with van der Waals surface area (Å²) < 4.78 is 33.5. The van der Waals surface area contributed by atoms with Gasteiger partial charge in [0.2, 0.25) is 0 Å². The number of nitrogens with one attached hydrogen (secondary N) is 1. The molecule has 0 saturated carbocycles. The van der Waals surface area contributed by atoms with E-state index in [2.05, 4.69) is 5.32 Å². The van der Waals surface area contributed by atoms with E-state index in [1.807, 2.05) is 0 Å². The molecule has 7 nitrogen and oxygen atoms in total. The Kier molecular flexibility index (Phi) is 7.23. The zero-order chi connectivity index (χ0) is 24.2. The highest BCUT2D eigenvalue weighted by molar-refractivity contribution is 6.31. The van der Waals surface area contributed by atoms with Gasteiger partial charge < -0.3 is 31.3 Å². The Balaban J connectivity index is 1.55. The second kappa shape index (κ2) is 10.3. The van der Waals surface area contributed by atoms with Crippen molar-refractivity contribution in [2.24, 2.45) is 11.5 Å². The topological polar surface area (TPSA) is 96.8 Å². The van der Waals surface area contributed by atoms with E-state index in [0.29, 0.717) is 67.7 Å². The molecule has 1 fully saturated rings. The molecular weight excluding hydrogens is 464 g/mol. The SMILES string of the molecule is NC(=CC1=C(N)NCCN1Cc1c(F)ccc(F)c1Cl)c1ccc(C(=O)N2CCOCC2)cc1. The minimum Gasteiger partial charge on any atom is -0.398 e. The number of morpholine rings is 1. The second-order valence-electron chi connectivity index (χ2n) is 8.05. The summed E-state index contributed by atoms with van der Waals surface area (Å²) in [4.78, 5) is 16.2. The fourth-order valence-electron chi connectivity index (χ4n) is 3.93. The maximum Gasteiger partial charge on any atom is 0.254 e. The van der Waals surface area contributed by atoms with Gasteiger partial charge in [-0.15, -0.1) is 0 Å². The Morgan fingerprint density at radius 1 is 1.06 bits per heavy atom. The number of hydrogen-bond donors (Lipinski definition) is 3. The molecule has 0 spiro atoms. The van der Waals surface area contributed by atoms with Crippen LogP contribution >= 0.6 is 11.6 Å². The lowest BCUT2D eigenvalue weighted by Crippen LogP contribution is -2.41. The van der Waals surface area contributed by atoms with E-state index < -0.39 is 11.6 Å². The highest BCUT2D eigenvalue weighted by Crippen LogP contribution is 2.27. The number of nitrogens with two attached hydrogens (primary N) is 2. The third-order valence-corrected chi connectivity index (χ3v) is 6.27. The zero-order valence-corrected chi connectivity index (χ0v) is 19.2. The van der Waals surface area contributed by atoms with Gasteiger partial charge in [-0.2, -0.15) is 0 Å². The Labute approximate surface area is 201 Å². The first kappa shape index (κ1) is 23.8. The summed E-state index contributed by atoms with van der Waals surface area (Å²) in [7, 11) is 0. The van der Waals surface area contributed by atoms with Gasteiger partial charge >= 0.3 is 0 Å². The van der Waals surface area contributed by atoms with Crippen LogP contribution < -0.4 is 16.8 Å². The number of rotatable bonds is 5. The van der Waals surface area contributed by atoms with Crippen molar-refractivity contribution in [2.75, 3.05) is 39.4 Å². The number of nitrogens with zero attached hydrogens (tertiary/aromatic N) is 2. The highest BCUT2D eigenvalue weighted by Gasteiger charge is 2.22. The summed E-state index contributed by atoms with van der Waals surface area (Å²) in [5.41, 5.74) is 14.8. The molecule has 10 heteroatoms. The van der Waals surface area contributed by atoms with E-state index in [1.165, 1.54) is 0 Å². The summed E-state index contributed by atoms with van der Waals surface area (Å²) in [6.07, 6.45) is 1.67. The molecule has 0 aliphatic carbocycles. The molecule has 4 rings (SSSR count). The molecule has 2 aliphatic rings. The van der Waals surface area contributed by atoms with Crippen molar-refractivity contribution in [1.82, 2.24) is 15.1 Å². The molecule has 2 aromatic rings. The summed E-state index contributed by atoms with van der Waals surface area (Å²) in [5.74, 6) is -0.976. The standard InChI is InChI=1S/C24H26ClF2N5O2/c25-22-17(18(26)5-6-19(22)27)14-32-8-7-30-23(29)21(32)13-20(28)15-1-3-16(4-2-15)24(33)31-9-11-34-12-10-31/h1-6,13,30H,7-12,14,28-29H2. The average molecular weight is 490 g/mol. The lowest BCUT2D eigenvalue weighted by molar-refractivity contribution is 0.0303. The van der Waals surface area contributed by atoms with Crippen molar-refractivity contribution >= 4 is 23.2 Å². The third kappa shape index (κ3) is 5.10. The number of carbonyl (C=O) groups is 1. The predicted octanol–water partition coefficient (Wildman–Crippen LogP) is 2.62. The van der Waals surface area contributed by atoms with Crippen LogP contribution in [0.5, 0.6) is 0 Å². The molecule has 1 saturated heterocycles. The number of amides is 1. The molecule has 2 heterocycles. The summed E-state index contributed by atoms with van der Waals surface area (Å²) >= 11 is 6.02. The van der Waals surface area contributed by atoms with E-state index in [-0.39, 0.29) is 23.0 Å². The molecule has 180 valence electrons. The third-order valence-electron chi connectivity index (χ3n) is 5.86. The van der Waals surface area contributed by atoms with Crippen molar-refractivity contribution in [2.45, 2.75) is 6.54 Å². The molecule has 0 aromatic heterocycles. The van der Waals surface area contributed by atoms with Gasteiger partial charge in [-0.25, -0.2) is 8.78 Å². The lowest BCUT2D eigenvalue weighted by atomic mass is 10.1. The Hall–Kier alpha value is -3.30. The van der Waals surface area contributed by atoms with E-state index in [0.717, 1.165) is 12.1 Å². The van der Waals surface area contributed by atoms with Gasteiger partial charge in [0.15, 0.2) is 0 Å².